The molecule has 0 nitrogen and oxygen atoms in total. The van der Waals surface area contributed by atoms with Gasteiger partial charge in [-0.05, 0) is 73.0 Å². The lowest BCUT2D eigenvalue weighted by Crippen LogP contribution is -2.33. The van der Waals surface area contributed by atoms with E-state index < -0.39 is 0 Å². The van der Waals surface area contributed by atoms with Gasteiger partial charge < -0.3 is 0 Å². The Morgan fingerprint density at radius 1 is 1.22 bits per heavy atom. The molecule has 4 rings (SSSR count). The minimum absolute atomic E-state index is 0.658. The highest BCUT2D eigenvalue weighted by molar-refractivity contribution is 5.37. The summed E-state index contributed by atoms with van der Waals surface area (Å²) < 4.78 is 0. The molecule has 2 bridgehead atoms. The molecule has 0 heteroatoms. The van der Waals surface area contributed by atoms with E-state index in [-0.39, 0.29) is 0 Å². The number of aryl methyl sites for hydroxylation is 2. The van der Waals surface area contributed by atoms with Crippen LogP contribution in [0.15, 0.2) is 29.8 Å². The van der Waals surface area contributed by atoms with Gasteiger partial charge in [0.1, 0.15) is 0 Å². The highest BCUT2D eigenvalue weighted by Crippen LogP contribution is 2.58. The van der Waals surface area contributed by atoms with Crippen LogP contribution in [-0.2, 0) is 19.3 Å². The van der Waals surface area contributed by atoms with Gasteiger partial charge in [-0.3, -0.25) is 0 Å². The molecule has 2 atom stereocenters. The van der Waals surface area contributed by atoms with E-state index in [2.05, 4.69) is 31.2 Å². The number of hydrogen-bond acceptors (Lipinski definition) is 0. The molecule has 0 amide bonds. The van der Waals surface area contributed by atoms with E-state index in [1.165, 1.54) is 50.5 Å². The summed E-state index contributed by atoms with van der Waals surface area (Å²) in [6, 6.07) is 7.24. The van der Waals surface area contributed by atoms with Crippen molar-refractivity contribution in [3.8, 4) is 0 Å². The fourth-order valence-corrected chi connectivity index (χ4v) is 4.65. The quantitative estimate of drug-likeness (QED) is 0.633. The molecule has 0 aliphatic heterocycles. The minimum atomic E-state index is 0.658. The molecule has 3 aliphatic rings. The van der Waals surface area contributed by atoms with Gasteiger partial charge in [0.2, 0.25) is 0 Å². The number of benzene rings is 1. The van der Waals surface area contributed by atoms with Gasteiger partial charge in [0.25, 0.3) is 0 Å². The van der Waals surface area contributed by atoms with Crippen LogP contribution < -0.4 is 0 Å². The molecule has 1 aromatic carbocycles. The molecule has 2 unspecified atom stereocenters. The van der Waals surface area contributed by atoms with E-state index in [0.717, 1.165) is 5.92 Å². The maximum atomic E-state index is 2.52. The molecule has 0 heterocycles. The van der Waals surface area contributed by atoms with Crippen LogP contribution in [0.4, 0.5) is 0 Å². The van der Waals surface area contributed by atoms with Gasteiger partial charge in [0, 0.05) is 0 Å². The summed E-state index contributed by atoms with van der Waals surface area (Å²) in [7, 11) is 0. The Kier molecular flexibility index (Phi) is 2.24. The summed E-state index contributed by atoms with van der Waals surface area (Å²) in [6.07, 6.45) is 12.0. The zero-order valence-electron chi connectivity index (χ0n) is 11.3. The topological polar surface area (TPSA) is 0 Å². The molecule has 1 fully saturated rings. The lowest BCUT2D eigenvalue weighted by Gasteiger charge is -2.40. The third-order valence-corrected chi connectivity index (χ3v) is 5.76. The van der Waals surface area contributed by atoms with Crippen LogP contribution in [0.25, 0.3) is 0 Å². The molecular formula is C18H22. The van der Waals surface area contributed by atoms with Gasteiger partial charge >= 0.3 is 0 Å². The molecule has 0 radical (unpaired) electrons. The first-order chi connectivity index (χ1) is 8.79. The first-order valence-electron chi connectivity index (χ1n) is 7.58. The minimum Gasteiger partial charge on any atom is -0.0850 e. The largest absolute Gasteiger partial charge is 0.0850 e. The number of allylic oxidation sites excluding steroid dienone is 2. The van der Waals surface area contributed by atoms with Crippen LogP contribution in [-0.4, -0.2) is 0 Å². The molecule has 0 saturated heterocycles. The molecule has 3 aliphatic carbocycles. The van der Waals surface area contributed by atoms with Crippen molar-refractivity contribution >= 4 is 0 Å². The van der Waals surface area contributed by atoms with Crippen molar-refractivity contribution in [2.75, 3.05) is 0 Å². The van der Waals surface area contributed by atoms with E-state index in [1.54, 1.807) is 16.7 Å². The average Bonchev–Trinajstić information content (AvgIpc) is 2.99. The van der Waals surface area contributed by atoms with Gasteiger partial charge in [0.15, 0.2) is 0 Å². The second-order valence-electron chi connectivity index (χ2n) is 6.67. The van der Waals surface area contributed by atoms with Crippen molar-refractivity contribution in [1.82, 2.24) is 0 Å². The Labute approximate surface area is 110 Å². The molecule has 0 N–H and O–H groups in total. The van der Waals surface area contributed by atoms with Crippen LogP contribution >= 0.6 is 0 Å². The fraction of sp³-hybridized carbons (Fsp3) is 0.556. The number of hydrogen-bond donors (Lipinski definition) is 0. The predicted octanol–water partition coefficient (Wildman–Crippen LogP) is 4.46. The number of rotatable bonds is 1. The van der Waals surface area contributed by atoms with Crippen LogP contribution in [0.1, 0.15) is 49.3 Å². The van der Waals surface area contributed by atoms with Crippen LogP contribution in [0.2, 0.25) is 0 Å². The first kappa shape index (κ1) is 10.8. The third-order valence-electron chi connectivity index (χ3n) is 5.76. The SMILES string of the molecule is CCc1ccc2c(c1)CCC1(CC3=CCC1C3)C2. The van der Waals surface area contributed by atoms with Crippen molar-refractivity contribution < 1.29 is 0 Å². The Morgan fingerprint density at radius 2 is 2.17 bits per heavy atom. The van der Waals surface area contributed by atoms with Gasteiger partial charge in [-0.15, -0.1) is 0 Å². The standard InChI is InChI=1S/C18H22/c1-2-13-3-5-16-12-18(8-7-15(16)9-13)11-14-4-6-17(18)10-14/h3-5,9,17H,2,6-8,10-12H2,1H3. The molecule has 1 saturated carbocycles. The lowest BCUT2D eigenvalue weighted by atomic mass is 9.64. The normalized spacial score (nSPS) is 32.7. The van der Waals surface area contributed by atoms with Gasteiger partial charge in [-0.25, -0.2) is 0 Å². The van der Waals surface area contributed by atoms with E-state index >= 15 is 0 Å². The Balaban J connectivity index is 1.68. The second kappa shape index (κ2) is 3.73. The van der Waals surface area contributed by atoms with Crippen LogP contribution in [0.3, 0.4) is 0 Å². The van der Waals surface area contributed by atoms with E-state index in [4.69, 9.17) is 0 Å². The molecule has 1 aromatic rings. The Bertz CT molecular complexity index is 523. The van der Waals surface area contributed by atoms with Crippen molar-refractivity contribution in [2.45, 2.75) is 51.9 Å². The lowest BCUT2D eigenvalue weighted by molar-refractivity contribution is 0.168. The fourth-order valence-electron chi connectivity index (χ4n) is 4.65. The van der Waals surface area contributed by atoms with Gasteiger partial charge in [-0.2, -0.15) is 0 Å². The van der Waals surface area contributed by atoms with E-state index in [0.29, 0.717) is 5.41 Å². The highest BCUT2D eigenvalue weighted by Gasteiger charge is 2.48. The Morgan fingerprint density at radius 3 is 2.89 bits per heavy atom. The van der Waals surface area contributed by atoms with Crippen LogP contribution in [0.5, 0.6) is 0 Å². The van der Waals surface area contributed by atoms with Crippen molar-refractivity contribution in [3.63, 3.8) is 0 Å². The maximum Gasteiger partial charge on any atom is -0.0182 e. The average molecular weight is 238 g/mol. The first-order valence-corrected chi connectivity index (χ1v) is 7.58. The summed E-state index contributed by atoms with van der Waals surface area (Å²) >= 11 is 0. The molecule has 18 heavy (non-hydrogen) atoms. The molecular weight excluding hydrogens is 216 g/mol. The molecule has 94 valence electrons. The van der Waals surface area contributed by atoms with Crippen LogP contribution in [0, 0.1) is 11.3 Å². The molecule has 1 spiro atoms. The van der Waals surface area contributed by atoms with E-state index in [1.807, 2.05) is 0 Å². The molecule has 0 aromatic heterocycles. The zero-order chi connectivity index (χ0) is 12.2. The van der Waals surface area contributed by atoms with Crippen molar-refractivity contribution in [2.24, 2.45) is 11.3 Å². The van der Waals surface area contributed by atoms with E-state index in [9.17, 15) is 0 Å². The third kappa shape index (κ3) is 1.44. The maximum absolute atomic E-state index is 2.52. The second-order valence-corrected chi connectivity index (χ2v) is 6.67. The van der Waals surface area contributed by atoms with Gasteiger partial charge in [0.05, 0.1) is 0 Å². The Hall–Kier alpha value is -1.04. The summed E-state index contributed by atoms with van der Waals surface area (Å²) in [5.41, 5.74) is 7.25. The predicted molar refractivity (Wildman–Crippen MR) is 75.7 cm³/mol. The summed E-state index contributed by atoms with van der Waals surface area (Å²) in [5, 5.41) is 0. The van der Waals surface area contributed by atoms with Crippen molar-refractivity contribution in [1.29, 1.82) is 0 Å². The highest BCUT2D eigenvalue weighted by atomic mass is 14.5. The van der Waals surface area contributed by atoms with Crippen molar-refractivity contribution in [3.05, 3.63) is 46.5 Å². The zero-order valence-corrected chi connectivity index (χ0v) is 11.3. The monoisotopic (exact) mass is 238 g/mol. The summed E-state index contributed by atoms with van der Waals surface area (Å²) in [6.45, 7) is 2.26. The smallest absolute Gasteiger partial charge is 0.0182 e. The number of fused-ring (bicyclic) bond motifs is 4. The van der Waals surface area contributed by atoms with Gasteiger partial charge in [-0.1, -0.05) is 36.8 Å². The summed E-state index contributed by atoms with van der Waals surface area (Å²) in [4.78, 5) is 0. The summed E-state index contributed by atoms with van der Waals surface area (Å²) in [5.74, 6) is 0.978.